The first kappa shape index (κ1) is 15.7. The number of hydrogen-bond donors (Lipinski definition) is 1. The zero-order valence-electron chi connectivity index (χ0n) is 13.4. The molecule has 2 heteroatoms. The highest BCUT2D eigenvalue weighted by Gasteiger charge is 2.09. The summed E-state index contributed by atoms with van der Waals surface area (Å²) in [6.45, 7) is 7.41. The summed E-state index contributed by atoms with van der Waals surface area (Å²) in [4.78, 5) is 4.53. The quantitative estimate of drug-likeness (QED) is 0.834. The maximum Gasteiger partial charge on any atom is 0.0419 e. The lowest BCUT2D eigenvalue weighted by Crippen LogP contribution is -2.31. The minimum absolute atomic E-state index is 0.491. The third-order valence-corrected chi connectivity index (χ3v) is 3.78. The van der Waals surface area contributed by atoms with Crippen LogP contribution in [0.2, 0.25) is 0 Å². The van der Waals surface area contributed by atoms with Crippen LogP contribution in [0.15, 0.2) is 42.6 Å². The molecular weight excluding hydrogens is 256 g/mol. The lowest BCUT2D eigenvalue weighted by Gasteiger charge is -2.17. The Bertz CT molecular complexity index is 546. The van der Waals surface area contributed by atoms with E-state index in [1.807, 2.05) is 6.20 Å². The summed E-state index contributed by atoms with van der Waals surface area (Å²) in [5.41, 5.74) is 5.16. The summed E-state index contributed by atoms with van der Waals surface area (Å²) >= 11 is 0. The van der Waals surface area contributed by atoms with Crippen molar-refractivity contribution in [2.75, 3.05) is 6.54 Å². The highest BCUT2D eigenvalue weighted by atomic mass is 14.9. The van der Waals surface area contributed by atoms with Crippen LogP contribution in [0.1, 0.15) is 35.7 Å². The molecule has 2 nitrogen and oxygen atoms in total. The number of benzene rings is 1. The predicted molar refractivity (Wildman–Crippen MR) is 89.6 cm³/mol. The van der Waals surface area contributed by atoms with Crippen LogP contribution in [-0.2, 0) is 12.8 Å². The van der Waals surface area contributed by atoms with Gasteiger partial charge in [-0.2, -0.15) is 0 Å². The molecule has 1 heterocycles. The summed E-state index contributed by atoms with van der Waals surface area (Å²) in [5, 5.41) is 3.59. The van der Waals surface area contributed by atoms with E-state index in [9.17, 15) is 0 Å². The molecule has 0 spiro atoms. The molecule has 0 fully saturated rings. The molecule has 0 saturated heterocycles. The van der Waals surface area contributed by atoms with Gasteiger partial charge in [0.25, 0.3) is 0 Å². The second kappa shape index (κ2) is 7.94. The van der Waals surface area contributed by atoms with Gasteiger partial charge < -0.3 is 5.32 Å². The van der Waals surface area contributed by atoms with Crippen LogP contribution < -0.4 is 5.32 Å². The average Bonchev–Trinajstić information content (AvgIpc) is 2.47. The number of pyridine rings is 1. The Hall–Kier alpha value is -1.67. The van der Waals surface area contributed by atoms with E-state index < -0.39 is 0 Å². The molecule has 1 aromatic heterocycles. The highest BCUT2D eigenvalue weighted by molar-refractivity contribution is 5.22. The van der Waals surface area contributed by atoms with Crippen molar-refractivity contribution < 1.29 is 0 Å². The molecule has 0 saturated carbocycles. The number of aromatic nitrogens is 1. The van der Waals surface area contributed by atoms with Crippen molar-refractivity contribution in [2.24, 2.45) is 0 Å². The van der Waals surface area contributed by atoms with Crippen LogP contribution in [0, 0.1) is 13.8 Å². The fourth-order valence-corrected chi connectivity index (χ4v) is 2.65. The monoisotopic (exact) mass is 282 g/mol. The Balaban J connectivity index is 1.93. The summed E-state index contributed by atoms with van der Waals surface area (Å²) in [7, 11) is 0. The van der Waals surface area contributed by atoms with Gasteiger partial charge in [-0.3, -0.25) is 4.98 Å². The first-order valence-corrected chi connectivity index (χ1v) is 7.88. The number of nitrogens with one attached hydrogen (secondary N) is 1. The SMILES string of the molecule is CCNC(CCc1cccc(C)c1)Cc1ccc(C)cn1. The molecule has 0 aliphatic rings. The molecular formula is C19H26N2. The molecule has 0 aliphatic heterocycles. The lowest BCUT2D eigenvalue weighted by atomic mass is 10.00. The molecule has 21 heavy (non-hydrogen) atoms. The van der Waals surface area contributed by atoms with E-state index in [0.29, 0.717) is 6.04 Å². The van der Waals surface area contributed by atoms with Gasteiger partial charge in [0, 0.05) is 24.4 Å². The second-order valence-corrected chi connectivity index (χ2v) is 5.81. The number of likely N-dealkylation sites (N-methyl/N-ethyl adjacent to an activating group) is 1. The molecule has 2 aromatic rings. The summed E-state index contributed by atoms with van der Waals surface area (Å²) < 4.78 is 0. The first-order valence-electron chi connectivity index (χ1n) is 7.88. The zero-order valence-corrected chi connectivity index (χ0v) is 13.4. The Morgan fingerprint density at radius 3 is 2.62 bits per heavy atom. The van der Waals surface area contributed by atoms with Gasteiger partial charge in [0.1, 0.15) is 0 Å². The number of nitrogens with zero attached hydrogens (tertiary/aromatic N) is 1. The molecule has 1 aromatic carbocycles. The van der Waals surface area contributed by atoms with E-state index in [2.05, 4.69) is 67.5 Å². The molecule has 1 unspecified atom stereocenters. The van der Waals surface area contributed by atoms with Crippen LogP contribution >= 0.6 is 0 Å². The van der Waals surface area contributed by atoms with Crippen LogP contribution in [0.25, 0.3) is 0 Å². The minimum Gasteiger partial charge on any atom is -0.314 e. The van der Waals surface area contributed by atoms with Crippen molar-refractivity contribution in [3.05, 3.63) is 65.0 Å². The smallest absolute Gasteiger partial charge is 0.0419 e. The summed E-state index contributed by atoms with van der Waals surface area (Å²) in [5.74, 6) is 0. The molecule has 0 bridgehead atoms. The maximum absolute atomic E-state index is 4.53. The number of rotatable bonds is 7. The van der Waals surface area contributed by atoms with Crippen molar-refractivity contribution >= 4 is 0 Å². The van der Waals surface area contributed by atoms with Crippen molar-refractivity contribution in [1.82, 2.24) is 10.3 Å². The van der Waals surface area contributed by atoms with Gasteiger partial charge in [0.05, 0.1) is 0 Å². The van der Waals surface area contributed by atoms with Crippen LogP contribution in [0.3, 0.4) is 0 Å². The van der Waals surface area contributed by atoms with Gasteiger partial charge in [-0.05, 0) is 50.4 Å². The van der Waals surface area contributed by atoms with Crippen molar-refractivity contribution in [3.8, 4) is 0 Å². The van der Waals surface area contributed by atoms with E-state index in [1.165, 1.54) is 22.4 Å². The fourth-order valence-electron chi connectivity index (χ4n) is 2.65. The average molecular weight is 282 g/mol. The number of hydrogen-bond acceptors (Lipinski definition) is 2. The van der Waals surface area contributed by atoms with Crippen molar-refractivity contribution in [1.29, 1.82) is 0 Å². The zero-order chi connectivity index (χ0) is 15.1. The Labute approximate surface area is 128 Å². The Kier molecular flexibility index (Phi) is 5.94. The lowest BCUT2D eigenvalue weighted by molar-refractivity contribution is 0.487. The molecule has 2 rings (SSSR count). The highest BCUT2D eigenvalue weighted by Crippen LogP contribution is 2.11. The van der Waals surface area contributed by atoms with Crippen molar-refractivity contribution in [3.63, 3.8) is 0 Å². The minimum atomic E-state index is 0.491. The molecule has 112 valence electrons. The number of aryl methyl sites for hydroxylation is 3. The van der Waals surface area contributed by atoms with Crippen LogP contribution in [-0.4, -0.2) is 17.6 Å². The summed E-state index contributed by atoms with van der Waals surface area (Å²) in [6.07, 6.45) is 5.22. The molecule has 0 aliphatic carbocycles. The van der Waals surface area contributed by atoms with E-state index in [4.69, 9.17) is 0 Å². The fraction of sp³-hybridized carbons (Fsp3) is 0.421. The van der Waals surface area contributed by atoms with Crippen molar-refractivity contribution in [2.45, 2.75) is 46.1 Å². The van der Waals surface area contributed by atoms with E-state index in [0.717, 1.165) is 25.8 Å². The molecule has 1 N–H and O–H groups in total. The second-order valence-electron chi connectivity index (χ2n) is 5.81. The first-order chi connectivity index (χ1) is 10.2. The standard InChI is InChI=1S/C19H26N2/c1-4-20-18(13-19-10-8-16(3)14-21-19)11-9-17-7-5-6-15(2)12-17/h5-8,10,12,14,18,20H,4,9,11,13H2,1-3H3. The van der Waals surface area contributed by atoms with Crippen LogP contribution in [0.5, 0.6) is 0 Å². The van der Waals surface area contributed by atoms with Gasteiger partial charge in [0.2, 0.25) is 0 Å². The summed E-state index contributed by atoms with van der Waals surface area (Å²) in [6, 6.07) is 13.6. The molecule has 1 atom stereocenters. The Morgan fingerprint density at radius 1 is 1.10 bits per heavy atom. The normalized spacial score (nSPS) is 12.3. The molecule has 0 amide bonds. The van der Waals surface area contributed by atoms with Gasteiger partial charge in [-0.1, -0.05) is 42.8 Å². The van der Waals surface area contributed by atoms with E-state index >= 15 is 0 Å². The van der Waals surface area contributed by atoms with Crippen LogP contribution in [0.4, 0.5) is 0 Å². The third kappa shape index (κ3) is 5.31. The molecule has 0 radical (unpaired) electrons. The Morgan fingerprint density at radius 2 is 1.95 bits per heavy atom. The van der Waals surface area contributed by atoms with Gasteiger partial charge >= 0.3 is 0 Å². The van der Waals surface area contributed by atoms with Gasteiger partial charge in [-0.25, -0.2) is 0 Å². The van der Waals surface area contributed by atoms with Gasteiger partial charge in [0.15, 0.2) is 0 Å². The van der Waals surface area contributed by atoms with E-state index in [-0.39, 0.29) is 0 Å². The maximum atomic E-state index is 4.53. The third-order valence-electron chi connectivity index (χ3n) is 3.78. The largest absolute Gasteiger partial charge is 0.314 e. The van der Waals surface area contributed by atoms with E-state index in [1.54, 1.807) is 0 Å². The van der Waals surface area contributed by atoms with Gasteiger partial charge in [-0.15, -0.1) is 0 Å². The topological polar surface area (TPSA) is 24.9 Å². The predicted octanol–water partition coefficient (Wildman–Crippen LogP) is 3.85.